The number of hydrogen-bond acceptors (Lipinski definition) is 5. The molecule has 0 aliphatic heterocycles. The molecule has 24 heavy (non-hydrogen) atoms. The third kappa shape index (κ3) is 3.32. The highest BCUT2D eigenvalue weighted by atomic mass is 16.5. The van der Waals surface area contributed by atoms with E-state index in [1.165, 1.54) is 14.1 Å². The summed E-state index contributed by atoms with van der Waals surface area (Å²) in [6, 6.07) is 8.88. The first-order valence-electron chi connectivity index (χ1n) is 7.44. The van der Waals surface area contributed by atoms with Gasteiger partial charge in [0, 0.05) is 14.1 Å². The molecule has 0 aliphatic carbocycles. The fourth-order valence-corrected chi connectivity index (χ4v) is 2.17. The van der Waals surface area contributed by atoms with E-state index in [9.17, 15) is 14.4 Å². The molecule has 8 nitrogen and oxygen atoms in total. The standard InChI is InChI=1S/C16H20N4O4/c1-4-11(24-10-8-6-5-7-9-10)14(21)18-12-13(17)19(2)16(23)20(3)15(12)22/h5-9,11H,4,17H2,1-3H3,(H,18,21). The molecule has 0 radical (unpaired) electrons. The molecule has 3 N–H and O–H groups in total. The summed E-state index contributed by atoms with van der Waals surface area (Å²) < 4.78 is 7.60. The number of para-hydroxylation sites is 1. The highest BCUT2D eigenvalue weighted by Gasteiger charge is 2.22. The summed E-state index contributed by atoms with van der Waals surface area (Å²) in [5, 5.41) is 2.48. The molecule has 1 heterocycles. The molecule has 1 atom stereocenters. The summed E-state index contributed by atoms with van der Waals surface area (Å²) >= 11 is 0. The third-order valence-electron chi connectivity index (χ3n) is 3.64. The zero-order chi connectivity index (χ0) is 17.9. The number of nitrogens with two attached hydrogens (primary N) is 1. The second kappa shape index (κ2) is 7.03. The van der Waals surface area contributed by atoms with Gasteiger partial charge in [0.15, 0.2) is 6.10 Å². The molecule has 0 saturated carbocycles. The third-order valence-corrected chi connectivity index (χ3v) is 3.64. The van der Waals surface area contributed by atoms with Crippen molar-refractivity contribution in [2.75, 3.05) is 11.1 Å². The van der Waals surface area contributed by atoms with Gasteiger partial charge in [0.05, 0.1) is 0 Å². The lowest BCUT2D eigenvalue weighted by Crippen LogP contribution is -2.42. The first-order valence-corrected chi connectivity index (χ1v) is 7.44. The summed E-state index contributed by atoms with van der Waals surface area (Å²) in [4.78, 5) is 36.4. The van der Waals surface area contributed by atoms with Crippen LogP contribution in [0.5, 0.6) is 5.75 Å². The van der Waals surface area contributed by atoms with Crippen LogP contribution in [0.3, 0.4) is 0 Å². The van der Waals surface area contributed by atoms with Gasteiger partial charge in [0.25, 0.3) is 11.5 Å². The summed E-state index contributed by atoms with van der Waals surface area (Å²) in [5.74, 6) is -0.0735. The van der Waals surface area contributed by atoms with Crippen molar-refractivity contribution in [1.29, 1.82) is 0 Å². The molecular weight excluding hydrogens is 312 g/mol. The van der Waals surface area contributed by atoms with E-state index in [0.717, 1.165) is 9.13 Å². The van der Waals surface area contributed by atoms with Crippen LogP contribution < -0.4 is 27.0 Å². The second-order valence-corrected chi connectivity index (χ2v) is 5.28. The van der Waals surface area contributed by atoms with Gasteiger partial charge < -0.3 is 15.8 Å². The van der Waals surface area contributed by atoms with Crippen LogP contribution in [0.1, 0.15) is 13.3 Å². The Morgan fingerprint density at radius 3 is 2.42 bits per heavy atom. The average molecular weight is 332 g/mol. The number of hydrogen-bond donors (Lipinski definition) is 2. The fraction of sp³-hybridized carbons (Fsp3) is 0.312. The molecule has 1 amide bonds. The highest BCUT2D eigenvalue weighted by Crippen LogP contribution is 2.15. The molecule has 1 aromatic carbocycles. The molecule has 2 aromatic rings. The van der Waals surface area contributed by atoms with E-state index in [1.54, 1.807) is 31.2 Å². The van der Waals surface area contributed by atoms with Crippen molar-refractivity contribution in [1.82, 2.24) is 9.13 Å². The molecule has 8 heteroatoms. The van der Waals surface area contributed by atoms with Crippen molar-refractivity contribution in [3.05, 3.63) is 51.2 Å². The highest BCUT2D eigenvalue weighted by molar-refractivity contribution is 5.96. The summed E-state index contributed by atoms with van der Waals surface area (Å²) in [7, 11) is 2.74. The average Bonchev–Trinajstić information content (AvgIpc) is 2.60. The molecule has 0 bridgehead atoms. The van der Waals surface area contributed by atoms with Crippen LogP contribution in [-0.2, 0) is 18.9 Å². The minimum atomic E-state index is -0.797. The van der Waals surface area contributed by atoms with Gasteiger partial charge in [-0.25, -0.2) is 4.79 Å². The first kappa shape index (κ1) is 17.3. The number of nitrogen functional groups attached to an aromatic ring is 1. The minimum absolute atomic E-state index is 0.106. The Hall–Kier alpha value is -3.03. The van der Waals surface area contributed by atoms with Crippen LogP contribution in [0.15, 0.2) is 39.9 Å². The number of aromatic nitrogens is 2. The molecule has 1 aromatic heterocycles. The van der Waals surface area contributed by atoms with Gasteiger partial charge in [-0.05, 0) is 18.6 Å². The lowest BCUT2D eigenvalue weighted by atomic mass is 10.2. The smallest absolute Gasteiger partial charge is 0.332 e. The number of nitrogens with zero attached hydrogens (tertiary/aromatic N) is 2. The Morgan fingerprint density at radius 1 is 1.21 bits per heavy atom. The second-order valence-electron chi connectivity index (χ2n) is 5.28. The van der Waals surface area contributed by atoms with E-state index in [4.69, 9.17) is 10.5 Å². The zero-order valence-electron chi connectivity index (χ0n) is 13.8. The Labute approximate surface area is 138 Å². The van der Waals surface area contributed by atoms with Crippen molar-refractivity contribution in [2.24, 2.45) is 14.1 Å². The number of rotatable bonds is 5. The Kier molecular flexibility index (Phi) is 5.08. The number of amides is 1. The predicted molar refractivity (Wildman–Crippen MR) is 91.1 cm³/mol. The number of nitrogens with one attached hydrogen (secondary N) is 1. The molecule has 0 spiro atoms. The molecule has 0 saturated heterocycles. The normalized spacial score (nSPS) is 11.8. The summed E-state index contributed by atoms with van der Waals surface area (Å²) in [6.07, 6.45) is -0.402. The molecule has 128 valence electrons. The Morgan fingerprint density at radius 2 is 1.83 bits per heavy atom. The van der Waals surface area contributed by atoms with Crippen molar-refractivity contribution in [2.45, 2.75) is 19.4 Å². The maximum atomic E-state index is 12.4. The van der Waals surface area contributed by atoms with Gasteiger partial charge in [-0.3, -0.25) is 18.7 Å². The lowest BCUT2D eigenvalue weighted by Gasteiger charge is -2.18. The molecular formula is C16H20N4O4. The van der Waals surface area contributed by atoms with Crippen LogP contribution in [0.4, 0.5) is 11.5 Å². The van der Waals surface area contributed by atoms with E-state index < -0.39 is 23.3 Å². The van der Waals surface area contributed by atoms with Gasteiger partial charge >= 0.3 is 5.69 Å². The topological polar surface area (TPSA) is 108 Å². The Balaban J connectivity index is 2.29. The number of carbonyl (C=O) groups excluding carboxylic acids is 1. The quantitative estimate of drug-likeness (QED) is 0.827. The van der Waals surface area contributed by atoms with E-state index in [1.807, 2.05) is 6.07 Å². The van der Waals surface area contributed by atoms with Crippen LogP contribution in [0.25, 0.3) is 0 Å². The van der Waals surface area contributed by atoms with Crippen LogP contribution in [0.2, 0.25) is 0 Å². The molecule has 1 unspecified atom stereocenters. The fourth-order valence-electron chi connectivity index (χ4n) is 2.17. The van der Waals surface area contributed by atoms with E-state index in [2.05, 4.69) is 5.32 Å². The van der Waals surface area contributed by atoms with Crippen molar-refractivity contribution < 1.29 is 9.53 Å². The number of ether oxygens (including phenoxy) is 1. The van der Waals surface area contributed by atoms with Crippen molar-refractivity contribution in [3.63, 3.8) is 0 Å². The van der Waals surface area contributed by atoms with Gasteiger partial charge in [-0.15, -0.1) is 0 Å². The predicted octanol–water partition coefficient (Wildman–Crippen LogP) is 0.462. The van der Waals surface area contributed by atoms with Gasteiger partial charge in [-0.2, -0.15) is 0 Å². The maximum Gasteiger partial charge on any atom is 0.332 e. The molecule has 0 aliphatic rings. The van der Waals surface area contributed by atoms with Gasteiger partial charge in [-0.1, -0.05) is 25.1 Å². The van der Waals surface area contributed by atoms with E-state index in [0.29, 0.717) is 12.2 Å². The van der Waals surface area contributed by atoms with Gasteiger partial charge in [0.2, 0.25) is 0 Å². The van der Waals surface area contributed by atoms with Crippen LogP contribution in [0, 0.1) is 0 Å². The van der Waals surface area contributed by atoms with Crippen LogP contribution >= 0.6 is 0 Å². The van der Waals surface area contributed by atoms with E-state index >= 15 is 0 Å². The number of carbonyl (C=O) groups is 1. The lowest BCUT2D eigenvalue weighted by molar-refractivity contribution is -0.122. The zero-order valence-corrected chi connectivity index (χ0v) is 13.8. The summed E-state index contributed by atoms with van der Waals surface area (Å²) in [5.41, 5.74) is 4.42. The largest absolute Gasteiger partial charge is 0.481 e. The van der Waals surface area contributed by atoms with Crippen molar-refractivity contribution in [3.8, 4) is 5.75 Å². The van der Waals surface area contributed by atoms with Gasteiger partial charge in [0.1, 0.15) is 17.3 Å². The molecule has 0 fully saturated rings. The van der Waals surface area contributed by atoms with Crippen molar-refractivity contribution >= 4 is 17.4 Å². The first-order chi connectivity index (χ1) is 11.4. The van der Waals surface area contributed by atoms with Crippen LogP contribution in [-0.4, -0.2) is 21.1 Å². The molecule has 2 rings (SSSR count). The summed E-state index contributed by atoms with van der Waals surface area (Å²) in [6.45, 7) is 1.79. The maximum absolute atomic E-state index is 12.4. The number of anilines is 2. The SMILES string of the molecule is CCC(Oc1ccccc1)C(=O)Nc1c(N)n(C)c(=O)n(C)c1=O. The van der Waals surface area contributed by atoms with E-state index in [-0.39, 0.29) is 11.5 Å². The number of benzene rings is 1. The Bertz CT molecular complexity index is 855. The monoisotopic (exact) mass is 332 g/mol. The minimum Gasteiger partial charge on any atom is -0.481 e.